The zero-order valence-electron chi connectivity index (χ0n) is 17.6. The highest BCUT2D eigenvalue weighted by molar-refractivity contribution is 5.95. The van der Waals surface area contributed by atoms with E-state index in [4.69, 9.17) is 4.74 Å². The molecule has 2 aromatic carbocycles. The Balaban J connectivity index is 1.35. The zero-order valence-corrected chi connectivity index (χ0v) is 17.6. The number of urea groups is 1. The van der Waals surface area contributed by atoms with Crippen LogP contribution in [0.25, 0.3) is 5.69 Å². The number of amides is 3. The lowest BCUT2D eigenvalue weighted by Gasteiger charge is -2.34. The Labute approximate surface area is 181 Å². The van der Waals surface area contributed by atoms with Gasteiger partial charge in [-0.3, -0.25) is 10.1 Å². The summed E-state index contributed by atoms with van der Waals surface area (Å²) in [5.41, 5.74) is 2.39. The van der Waals surface area contributed by atoms with Crippen LogP contribution in [0.3, 0.4) is 0 Å². The first kappa shape index (κ1) is 20.5. The Kier molecular flexibility index (Phi) is 5.88. The molecule has 1 saturated heterocycles. The van der Waals surface area contributed by atoms with Crippen molar-refractivity contribution in [1.82, 2.24) is 19.6 Å². The van der Waals surface area contributed by atoms with E-state index in [1.165, 1.54) is 0 Å². The molecule has 160 valence electrons. The Morgan fingerprint density at radius 3 is 2.39 bits per heavy atom. The number of piperazine rings is 1. The highest BCUT2D eigenvalue weighted by Crippen LogP contribution is 2.18. The van der Waals surface area contributed by atoms with E-state index in [9.17, 15) is 9.59 Å². The minimum Gasteiger partial charge on any atom is -0.497 e. The third-order valence-electron chi connectivity index (χ3n) is 5.31. The van der Waals surface area contributed by atoms with Crippen molar-refractivity contribution in [3.05, 3.63) is 71.9 Å². The molecular formula is C23H25N5O3. The first-order valence-corrected chi connectivity index (χ1v) is 10.2. The van der Waals surface area contributed by atoms with Crippen molar-refractivity contribution in [1.29, 1.82) is 0 Å². The van der Waals surface area contributed by atoms with Crippen LogP contribution < -0.4 is 10.1 Å². The number of hydrogen-bond acceptors (Lipinski definition) is 4. The van der Waals surface area contributed by atoms with Crippen LogP contribution in [-0.2, 0) is 0 Å². The lowest BCUT2D eigenvalue weighted by molar-refractivity contribution is 0.0671. The maximum absolute atomic E-state index is 12.8. The van der Waals surface area contributed by atoms with Gasteiger partial charge in [0.05, 0.1) is 12.8 Å². The number of nitrogens with zero attached hydrogens (tertiary/aromatic N) is 4. The Bertz CT molecular complexity index is 1070. The van der Waals surface area contributed by atoms with Crippen LogP contribution >= 0.6 is 0 Å². The SMILES string of the molecule is COc1cccc(C(=O)N2CCN(C(=O)Nc3nn(-c4ccccc4)cc3C)CC2)c1. The Morgan fingerprint density at radius 1 is 0.968 bits per heavy atom. The summed E-state index contributed by atoms with van der Waals surface area (Å²) in [6, 6.07) is 16.6. The van der Waals surface area contributed by atoms with Gasteiger partial charge in [0.2, 0.25) is 0 Å². The van der Waals surface area contributed by atoms with Crippen molar-refractivity contribution < 1.29 is 14.3 Å². The summed E-state index contributed by atoms with van der Waals surface area (Å²) in [4.78, 5) is 29.0. The number of anilines is 1. The summed E-state index contributed by atoms with van der Waals surface area (Å²) in [7, 11) is 1.57. The molecule has 1 aliphatic rings. The summed E-state index contributed by atoms with van der Waals surface area (Å²) in [6.07, 6.45) is 1.88. The van der Waals surface area contributed by atoms with E-state index < -0.39 is 0 Å². The van der Waals surface area contributed by atoms with Gasteiger partial charge in [0.15, 0.2) is 5.82 Å². The van der Waals surface area contributed by atoms with Crippen LogP contribution in [0, 0.1) is 6.92 Å². The predicted molar refractivity (Wildman–Crippen MR) is 118 cm³/mol. The van der Waals surface area contributed by atoms with Crippen LogP contribution in [0.15, 0.2) is 60.8 Å². The fourth-order valence-corrected chi connectivity index (χ4v) is 3.53. The molecule has 0 unspecified atom stereocenters. The largest absolute Gasteiger partial charge is 0.497 e. The lowest BCUT2D eigenvalue weighted by Crippen LogP contribution is -2.51. The zero-order chi connectivity index (χ0) is 21.8. The normalized spacial score (nSPS) is 13.7. The molecule has 1 N–H and O–H groups in total. The average Bonchev–Trinajstić information content (AvgIpc) is 3.19. The van der Waals surface area contributed by atoms with Gasteiger partial charge in [-0.2, -0.15) is 0 Å². The van der Waals surface area contributed by atoms with Crippen molar-refractivity contribution in [3.8, 4) is 11.4 Å². The first-order valence-electron chi connectivity index (χ1n) is 10.2. The van der Waals surface area contributed by atoms with Crippen LogP contribution in [-0.4, -0.2) is 64.8 Å². The molecule has 0 bridgehead atoms. The number of carbonyl (C=O) groups is 2. The van der Waals surface area contributed by atoms with E-state index in [0.717, 1.165) is 11.3 Å². The molecule has 1 aromatic heterocycles. The van der Waals surface area contributed by atoms with Gasteiger partial charge in [-0.05, 0) is 37.3 Å². The Hall–Kier alpha value is -3.81. The second-order valence-electron chi connectivity index (χ2n) is 7.38. The van der Waals surface area contributed by atoms with Crippen molar-refractivity contribution in [3.63, 3.8) is 0 Å². The molecule has 1 aliphatic heterocycles. The molecule has 3 amide bonds. The van der Waals surface area contributed by atoms with Crippen LogP contribution in [0.5, 0.6) is 5.75 Å². The molecule has 2 heterocycles. The summed E-state index contributed by atoms with van der Waals surface area (Å²) in [6.45, 7) is 3.77. The molecule has 0 spiro atoms. The molecule has 8 nitrogen and oxygen atoms in total. The summed E-state index contributed by atoms with van der Waals surface area (Å²) < 4.78 is 6.94. The second-order valence-corrected chi connectivity index (χ2v) is 7.38. The molecule has 31 heavy (non-hydrogen) atoms. The molecule has 1 fully saturated rings. The smallest absolute Gasteiger partial charge is 0.323 e. The number of methoxy groups -OCH3 is 1. The van der Waals surface area contributed by atoms with E-state index in [-0.39, 0.29) is 11.9 Å². The number of rotatable bonds is 4. The maximum atomic E-state index is 12.8. The molecule has 4 rings (SSSR count). The van der Waals surface area contributed by atoms with Crippen molar-refractivity contribution in [2.24, 2.45) is 0 Å². The second kappa shape index (κ2) is 8.91. The van der Waals surface area contributed by atoms with E-state index in [1.54, 1.807) is 45.9 Å². The van der Waals surface area contributed by atoms with Gasteiger partial charge < -0.3 is 14.5 Å². The number of aryl methyl sites for hydroxylation is 1. The molecule has 8 heteroatoms. The van der Waals surface area contributed by atoms with Gasteiger partial charge in [0.25, 0.3) is 5.91 Å². The number of hydrogen-bond donors (Lipinski definition) is 1. The van der Waals surface area contributed by atoms with Crippen molar-refractivity contribution in [2.45, 2.75) is 6.92 Å². The molecular weight excluding hydrogens is 394 g/mol. The summed E-state index contributed by atoms with van der Waals surface area (Å²) >= 11 is 0. The number of benzene rings is 2. The van der Waals surface area contributed by atoms with Crippen LogP contribution in [0.4, 0.5) is 10.6 Å². The highest BCUT2D eigenvalue weighted by Gasteiger charge is 2.25. The molecule has 3 aromatic rings. The number of para-hydroxylation sites is 1. The number of aromatic nitrogens is 2. The lowest BCUT2D eigenvalue weighted by atomic mass is 10.1. The fourth-order valence-electron chi connectivity index (χ4n) is 3.53. The quantitative estimate of drug-likeness (QED) is 0.704. The van der Waals surface area contributed by atoms with E-state index in [1.807, 2.05) is 43.5 Å². The third kappa shape index (κ3) is 4.53. The van der Waals surface area contributed by atoms with E-state index >= 15 is 0 Å². The fraction of sp³-hybridized carbons (Fsp3) is 0.261. The number of ether oxygens (including phenoxy) is 1. The maximum Gasteiger partial charge on any atom is 0.323 e. The summed E-state index contributed by atoms with van der Waals surface area (Å²) in [5.74, 6) is 1.12. The molecule has 0 radical (unpaired) electrons. The van der Waals surface area contributed by atoms with Gasteiger partial charge in [0, 0.05) is 43.5 Å². The van der Waals surface area contributed by atoms with Gasteiger partial charge in [-0.1, -0.05) is 24.3 Å². The third-order valence-corrected chi connectivity index (χ3v) is 5.31. The van der Waals surface area contributed by atoms with Gasteiger partial charge in [-0.25, -0.2) is 9.48 Å². The van der Waals surface area contributed by atoms with Crippen LogP contribution in [0.1, 0.15) is 15.9 Å². The minimum absolute atomic E-state index is 0.0589. The monoisotopic (exact) mass is 419 g/mol. The van der Waals surface area contributed by atoms with Crippen molar-refractivity contribution in [2.75, 3.05) is 38.6 Å². The van der Waals surface area contributed by atoms with Gasteiger partial charge in [0.1, 0.15) is 5.75 Å². The van der Waals surface area contributed by atoms with E-state index in [0.29, 0.717) is 43.3 Å². The average molecular weight is 419 g/mol. The van der Waals surface area contributed by atoms with E-state index in [2.05, 4.69) is 10.4 Å². The van der Waals surface area contributed by atoms with Crippen LogP contribution in [0.2, 0.25) is 0 Å². The topological polar surface area (TPSA) is 79.7 Å². The van der Waals surface area contributed by atoms with Gasteiger partial charge >= 0.3 is 6.03 Å². The Morgan fingerprint density at radius 2 is 1.68 bits per heavy atom. The summed E-state index contributed by atoms with van der Waals surface area (Å²) in [5, 5.41) is 7.39. The van der Waals surface area contributed by atoms with Gasteiger partial charge in [-0.15, -0.1) is 5.10 Å². The molecule has 0 aliphatic carbocycles. The first-order chi connectivity index (χ1) is 15.0. The standard InChI is InChI=1S/C23H25N5O3/c1-17-16-28(19-8-4-3-5-9-19)25-21(17)24-23(30)27-13-11-26(12-14-27)22(29)18-7-6-10-20(15-18)31-2/h3-10,15-16H,11-14H2,1-2H3,(H,24,25,30). The molecule has 0 atom stereocenters. The molecule has 0 saturated carbocycles. The number of carbonyl (C=O) groups excluding carboxylic acids is 2. The predicted octanol–water partition coefficient (Wildman–Crippen LogP) is 3.18. The minimum atomic E-state index is -0.213. The highest BCUT2D eigenvalue weighted by atomic mass is 16.5. The number of nitrogens with one attached hydrogen (secondary N) is 1. The van der Waals surface area contributed by atoms with Crippen molar-refractivity contribution >= 4 is 17.8 Å².